The van der Waals surface area contributed by atoms with Crippen LogP contribution in [0.5, 0.6) is 0 Å². The van der Waals surface area contributed by atoms with E-state index in [1.54, 1.807) is 6.92 Å². The predicted octanol–water partition coefficient (Wildman–Crippen LogP) is 1.60. The van der Waals surface area contributed by atoms with E-state index in [0.717, 1.165) is 64.5 Å². The lowest BCUT2D eigenvalue weighted by atomic mass is 9.88. The van der Waals surface area contributed by atoms with Crippen LogP contribution in [0.25, 0.3) is 0 Å². The predicted molar refractivity (Wildman–Crippen MR) is 115 cm³/mol. The first-order valence-electron chi connectivity index (χ1n) is 11.1. The van der Waals surface area contributed by atoms with Gasteiger partial charge < -0.3 is 20.9 Å². The van der Waals surface area contributed by atoms with Gasteiger partial charge in [-0.3, -0.25) is 14.4 Å². The normalized spacial score (nSPS) is 26.3. The topological polar surface area (TPSA) is 90.5 Å². The average molecular weight is 429 g/mol. The van der Waals surface area contributed by atoms with Gasteiger partial charge in [0.15, 0.2) is 0 Å². The van der Waals surface area contributed by atoms with Gasteiger partial charge in [-0.2, -0.15) is 0 Å². The second-order valence-corrected chi connectivity index (χ2v) is 8.75. The molecular weight excluding hydrogens is 392 g/mol. The van der Waals surface area contributed by atoms with Gasteiger partial charge in [0, 0.05) is 25.6 Å². The van der Waals surface area contributed by atoms with Gasteiger partial charge in [-0.05, 0) is 57.9 Å². The van der Waals surface area contributed by atoms with Gasteiger partial charge in [0.1, 0.15) is 6.04 Å². The molecule has 7 nitrogen and oxygen atoms in total. The highest BCUT2D eigenvalue weighted by atomic mass is 35.5. The van der Waals surface area contributed by atoms with Gasteiger partial charge in [-0.15, -0.1) is 12.4 Å². The zero-order chi connectivity index (χ0) is 19.9. The summed E-state index contributed by atoms with van der Waals surface area (Å²) < 4.78 is 0. The fraction of sp³-hybridized carbons (Fsp3) is 0.857. The second kappa shape index (κ2) is 11.7. The Bertz CT molecular complexity index is 562. The van der Waals surface area contributed by atoms with Crippen molar-refractivity contribution in [3.8, 4) is 0 Å². The maximum atomic E-state index is 12.8. The molecular formula is C21H37ClN4O3. The van der Waals surface area contributed by atoms with Crippen LogP contribution in [0.4, 0.5) is 0 Å². The molecule has 0 aromatic heterocycles. The summed E-state index contributed by atoms with van der Waals surface area (Å²) in [6, 6.07) is -0.540. The number of carbonyl (C=O) groups excluding carboxylic acids is 3. The Morgan fingerprint density at radius 1 is 1.00 bits per heavy atom. The summed E-state index contributed by atoms with van der Waals surface area (Å²) in [6.45, 7) is 4.70. The maximum Gasteiger partial charge on any atom is 0.244 e. The largest absolute Gasteiger partial charge is 0.354 e. The lowest BCUT2D eigenvalue weighted by molar-refractivity contribution is -0.138. The van der Waals surface area contributed by atoms with Gasteiger partial charge in [-0.1, -0.05) is 19.3 Å². The van der Waals surface area contributed by atoms with E-state index in [1.165, 1.54) is 6.42 Å². The van der Waals surface area contributed by atoms with E-state index in [2.05, 4.69) is 16.0 Å². The minimum atomic E-state index is -0.481. The Balaban J connectivity index is 0.00000300. The third kappa shape index (κ3) is 6.85. The zero-order valence-electron chi connectivity index (χ0n) is 17.6. The van der Waals surface area contributed by atoms with Crippen molar-refractivity contribution >= 4 is 30.1 Å². The number of nitrogens with zero attached hydrogens (tertiary/aromatic N) is 1. The van der Waals surface area contributed by atoms with Crippen LogP contribution >= 0.6 is 12.4 Å². The summed E-state index contributed by atoms with van der Waals surface area (Å²) in [4.78, 5) is 39.3. The number of rotatable bonds is 6. The Morgan fingerprint density at radius 2 is 1.76 bits per heavy atom. The molecule has 29 heavy (non-hydrogen) atoms. The smallest absolute Gasteiger partial charge is 0.244 e. The van der Waals surface area contributed by atoms with E-state index in [9.17, 15) is 14.4 Å². The summed E-state index contributed by atoms with van der Waals surface area (Å²) in [5.41, 5.74) is 0. The van der Waals surface area contributed by atoms with Gasteiger partial charge >= 0.3 is 0 Å². The molecule has 1 aliphatic carbocycles. The molecule has 0 aromatic rings. The molecule has 3 rings (SSSR count). The molecule has 2 aliphatic heterocycles. The lowest BCUT2D eigenvalue weighted by Crippen LogP contribution is -2.52. The standard InChI is InChI=1S/C21H36N4O3.ClH/c1-15(24-19(26)17-8-3-2-4-9-17)21(28)25-12-6-7-16(14-25)13-23-20(27)18-10-5-11-22-18;/h15-18,22H,2-14H2,1H3,(H,23,27)(H,24,26);1H/t15-,16?,18?;/m0./s1. The summed E-state index contributed by atoms with van der Waals surface area (Å²) >= 11 is 0. The number of nitrogens with one attached hydrogen (secondary N) is 3. The zero-order valence-corrected chi connectivity index (χ0v) is 18.4. The van der Waals surface area contributed by atoms with Crippen molar-refractivity contribution in [2.75, 3.05) is 26.2 Å². The van der Waals surface area contributed by atoms with E-state index in [4.69, 9.17) is 0 Å². The molecule has 3 N–H and O–H groups in total. The fourth-order valence-corrected chi connectivity index (χ4v) is 4.74. The molecule has 8 heteroatoms. The minimum Gasteiger partial charge on any atom is -0.354 e. The molecule has 166 valence electrons. The number of halogens is 1. The molecule has 3 aliphatic rings. The quantitative estimate of drug-likeness (QED) is 0.599. The minimum absolute atomic E-state index is 0. The van der Waals surface area contributed by atoms with E-state index in [0.29, 0.717) is 13.1 Å². The van der Waals surface area contributed by atoms with Gasteiger partial charge in [0.25, 0.3) is 0 Å². The molecule has 3 amide bonds. The van der Waals surface area contributed by atoms with Crippen LogP contribution in [-0.4, -0.2) is 60.9 Å². The molecule has 0 radical (unpaired) electrons. The number of hydrogen-bond acceptors (Lipinski definition) is 4. The highest BCUT2D eigenvalue weighted by Crippen LogP contribution is 2.24. The number of amides is 3. The van der Waals surface area contributed by atoms with Gasteiger partial charge in [0.2, 0.25) is 17.7 Å². The average Bonchev–Trinajstić information content (AvgIpc) is 3.27. The SMILES string of the molecule is C[C@H](NC(=O)C1CCCCC1)C(=O)N1CCCC(CNC(=O)C2CCCN2)C1.Cl. The van der Waals surface area contributed by atoms with Crippen LogP contribution in [0.3, 0.4) is 0 Å². The summed E-state index contributed by atoms with van der Waals surface area (Å²) in [5, 5.41) is 9.20. The highest BCUT2D eigenvalue weighted by molar-refractivity contribution is 5.88. The summed E-state index contributed by atoms with van der Waals surface area (Å²) in [6.07, 6.45) is 9.21. The number of piperidine rings is 1. The molecule has 0 spiro atoms. The van der Waals surface area contributed by atoms with E-state index < -0.39 is 6.04 Å². The number of carbonyl (C=O) groups is 3. The molecule has 2 unspecified atom stereocenters. The van der Waals surface area contributed by atoms with E-state index in [-0.39, 0.29) is 48.0 Å². The van der Waals surface area contributed by atoms with Crippen molar-refractivity contribution in [1.82, 2.24) is 20.9 Å². The Hall–Kier alpha value is -1.34. The van der Waals surface area contributed by atoms with Crippen LogP contribution in [0, 0.1) is 11.8 Å². The molecule has 2 heterocycles. The monoisotopic (exact) mass is 428 g/mol. The second-order valence-electron chi connectivity index (χ2n) is 8.75. The van der Waals surface area contributed by atoms with E-state index >= 15 is 0 Å². The molecule has 2 saturated heterocycles. The van der Waals surface area contributed by atoms with Crippen LogP contribution in [0.2, 0.25) is 0 Å². The highest BCUT2D eigenvalue weighted by Gasteiger charge is 2.30. The summed E-state index contributed by atoms with van der Waals surface area (Å²) in [5.74, 6) is 0.457. The summed E-state index contributed by atoms with van der Waals surface area (Å²) in [7, 11) is 0. The molecule has 3 fully saturated rings. The molecule has 0 bridgehead atoms. The lowest BCUT2D eigenvalue weighted by Gasteiger charge is -2.35. The molecule has 3 atom stereocenters. The third-order valence-corrected chi connectivity index (χ3v) is 6.48. The Kier molecular flexibility index (Phi) is 9.69. The van der Waals surface area contributed by atoms with Crippen molar-refractivity contribution in [3.05, 3.63) is 0 Å². The van der Waals surface area contributed by atoms with Crippen LogP contribution < -0.4 is 16.0 Å². The van der Waals surface area contributed by atoms with Crippen LogP contribution in [0.1, 0.15) is 64.7 Å². The van der Waals surface area contributed by atoms with Gasteiger partial charge in [-0.25, -0.2) is 0 Å². The number of likely N-dealkylation sites (tertiary alicyclic amines) is 1. The van der Waals surface area contributed by atoms with Crippen molar-refractivity contribution in [2.24, 2.45) is 11.8 Å². The number of hydrogen-bond donors (Lipinski definition) is 3. The van der Waals surface area contributed by atoms with Gasteiger partial charge in [0.05, 0.1) is 6.04 Å². The third-order valence-electron chi connectivity index (χ3n) is 6.48. The Labute approximate surface area is 180 Å². The maximum absolute atomic E-state index is 12.8. The Morgan fingerprint density at radius 3 is 2.45 bits per heavy atom. The first-order chi connectivity index (χ1) is 13.5. The van der Waals surface area contributed by atoms with Crippen molar-refractivity contribution in [3.63, 3.8) is 0 Å². The van der Waals surface area contributed by atoms with E-state index in [1.807, 2.05) is 4.90 Å². The van der Waals surface area contributed by atoms with Crippen LogP contribution in [-0.2, 0) is 14.4 Å². The van der Waals surface area contributed by atoms with Crippen molar-refractivity contribution < 1.29 is 14.4 Å². The van der Waals surface area contributed by atoms with Crippen molar-refractivity contribution in [2.45, 2.75) is 76.8 Å². The first-order valence-corrected chi connectivity index (χ1v) is 11.1. The van der Waals surface area contributed by atoms with Crippen LogP contribution in [0.15, 0.2) is 0 Å². The molecule has 0 aromatic carbocycles. The molecule has 1 saturated carbocycles. The van der Waals surface area contributed by atoms with Crippen molar-refractivity contribution in [1.29, 1.82) is 0 Å². The fourth-order valence-electron chi connectivity index (χ4n) is 4.74. The first kappa shape index (κ1) is 23.9.